The number of pyridine rings is 1. The van der Waals surface area contributed by atoms with Crippen LogP contribution in [0.3, 0.4) is 0 Å². The Bertz CT molecular complexity index is 327. The van der Waals surface area contributed by atoms with Gasteiger partial charge < -0.3 is 11.1 Å². The summed E-state index contributed by atoms with van der Waals surface area (Å²) in [7, 11) is 0. The molecule has 0 unspecified atom stereocenters. The minimum atomic E-state index is 0. The van der Waals surface area contributed by atoms with E-state index in [1.54, 1.807) is 6.20 Å². The highest BCUT2D eigenvalue weighted by molar-refractivity contribution is 6.30. The quantitative estimate of drug-likeness (QED) is 0.803. The van der Waals surface area contributed by atoms with Crippen molar-refractivity contribution in [3.05, 3.63) is 29.0 Å². The van der Waals surface area contributed by atoms with Crippen molar-refractivity contribution in [1.82, 2.24) is 10.3 Å². The highest BCUT2D eigenvalue weighted by Gasteiger charge is 2.23. The van der Waals surface area contributed by atoms with Crippen molar-refractivity contribution in [1.29, 1.82) is 0 Å². The van der Waals surface area contributed by atoms with Crippen LogP contribution in [-0.2, 0) is 0 Å². The monoisotopic (exact) mass is 261 g/mol. The Morgan fingerprint density at radius 1 is 1.44 bits per heavy atom. The summed E-state index contributed by atoms with van der Waals surface area (Å²) in [6, 6.07) is 3.89. The molecule has 0 radical (unpaired) electrons. The van der Waals surface area contributed by atoms with Gasteiger partial charge in [-0.1, -0.05) is 17.7 Å². The van der Waals surface area contributed by atoms with Gasteiger partial charge >= 0.3 is 0 Å². The van der Waals surface area contributed by atoms with Crippen LogP contribution in [0.5, 0.6) is 0 Å². The van der Waals surface area contributed by atoms with Crippen molar-refractivity contribution >= 4 is 24.0 Å². The van der Waals surface area contributed by atoms with Crippen LogP contribution in [0.25, 0.3) is 0 Å². The second-order valence-corrected chi connectivity index (χ2v) is 4.35. The predicted octanol–water partition coefficient (Wildman–Crippen LogP) is 2.16. The summed E-state index contributed by atoms with van der Waals surface area (Å²) in [4.78, 5) is 4.06. The third-order valence-corrected chi connectivity index (χ3v) is 3.35. The molecule has 0 bridgehead atoms. The molecule has 0 spiro atoms. The Kier molecular flexibility index (Phi) is 5.49. The number of hydrogen-bond donors (Lipinski definition) is 2. The lowest BCUT2D eigenvalue weighted by atomic mass is 9.87. The van der Waals surface area contributed by atoms with Crippen LogP contribution >= 0.6 is 24.0 Å². The molecule has 2 rings (SSSR count). The van der Waals surface area contributed by atoms with Crippen molar-refractivity contribution in [3.8, 4) is 0 Å². The fourth-order valence-corrected chi connectivity index (χ4v) is 2.35. The molecule has 3 nitrogen and oxygen atoms in total. The van der Waals surface area contributed by atoms with Crippen molar-refractivity contribution in [2.75, 3.05) is 13.1 Å². The van der Waals surface area contributed by atoms with Crippen molar-refractivity contribution in [2.45, 2.75) is 18.9 Å². The molecule has 0 aliphatic carbocycles. The molecular weight excluding hydrogens is 245 g/mol. The van der Waals surface area contributed by atoms with Gasteiger partial charge in [-0.2, -0.15) is 0 Å². The normalized spacial score (nSPS) is 18.9. The fourth-order valence-electron chi connectivity index (χ4n) is 2.10. The van der Waals surface area contributed by atoms with E-state index in [0.717, 1.165) is 31.5 Å². The van der Waals surface area contributed by atoms with E-state index in [0.29, 0.717) is 11.1 Å². The Morgan fingerprint density at radius 3 is 2.75 bits per heavy atom. The molecule has 2 heterocycles. The molecule has 16 heavy (non-hydrogen) atoms. The van der Waals surface area contributed by atoms with Gasteiger partial charge in [0.15, 0.2) is 0 Å². The highest BCUT2D eigenvalue weighted by atomic mass is 35.5. The number of nitrogens with zero attached hydrogens (tertiary/aromatic N) is 1. The lowest BCUT2D eigenvalue weighted by Gasteiger charge is -2.28. The van der Waals surface area contributed by atoms with E-state index < -0.39 is 0 Å². The van der Waals surface area contributed by atoms with E-state index in [1.165, 1.54) is 0 Å². The van der Waals surface area contributed by atoms with Crippen molar-refractivity contribution in [3.63, 3.8) is 0 Å². The highest BCUT2D eigenvalue weighted by Crippen LogP contribution is 2.29. The van der Waals surface area contributed by atoms with Gasteiger partial charge in [-0.15, -0.1) is 12.4 Å². The van der Waals surface area contributed by atoms with E-state index in [2.05, 4.69) is 10.3 Å². The molecule has 3 N–H and O–H groups in total. The van der Waals surface area contributed by atoms with E-state index in [9.17, 15) is 0 Å². The molecule has 1 saturated heterocycles. The first-order valence-electron chi connectivity index (χ1n) is 5.36. The third-order valence-electron chi connectivity index (χ3n) is 3.04. The summed E-state index contributed by atoms with van der Waals surface area (Å²) >= 11 is 6.03. The van der Waals surface area contributed by atoms with Crippen LogP contribution < -0.4 is 11.1 Å². The van der Waals surface area contributed by atoms with Gasteiger partial charge in [-0.25, -0.2) is 4.98 Å². The molecule has 1 aromatic rings. The summed E-state index contributed by atoms with van der Waals surface area (Å²) in [5.74, 6) is 0.521. The average molecular weight is 262 g/mol. The molecule has 1 aromatic heterocycles. The Morgan fingerprint density at radius 2 is 2.12 bits per heavy atom. The minimum absolute atomic E-state index is 0. The largest absolute Gasteiger partial charge is 0.324 e. The number of piperidine rings is 1. The van der Waals surface area contributed by atoms with Crippen LogP contribution in [-0.4, -0.2) is 18.1 Å². The van der Waals surface area contributed by atoms with Crippen LogP contribution in [0.1, 0.15) is 24.4 Å². The number of nitrogens with two attached hydrogens (primary N) is 1. The lowest BCUT2D eigenvalue weighted by molar-refractivity contribution is 0.322. The average Bonchev–Trinajstić information content (AvgIpc) is 2.30. The van der Waals surface area contributed by atoms with Crippen LogP contribution in [0, 0.1) is 5.92 Å². The SMILES string of the molecule is Cl.N[C@@H](c1cccnc1Cl)C1CCNCC1. The van der Waals surface area contributed by atoms with E-state index in [4.69, 9.17) is 17.3 Å². The zero-order valence-electron chi connectivity index (χ0n) is 9.03. The van der Waals surface area contributed by atoms with Gasteiger partial charge in [-0.3, -0.25) is 0 Å². The molecule has 1 aliphatic heterocycles. The zero-order chi connectivity index (χ0) is 10.7. The summed E-state index contributed by atoms with van der Waals surface area (Å²) in [6.45, 7) is 2.10. The maximum atomic E-state index is 6.22. The minimum Gasteiger partial charge on any atom is -0.324 e. The van der Waals surface area contributed by atoms with Crippen LogP contribution in [0.2, 0.25) is 5.15 Å². The predicted molar refractivity (Wildman–Crippen MR) is 69.0 cm³/mol. The first-order chi connectivity index (χ1) is 7.29. The number of aromatic nitrogens is 1. The van der Waals surface area contributed by atoms with E-state index in [1.807, 2.05) is 12.1 Å². The number of rotatable bonds is 2. The topological polar surface area (TPSA) is 50.9 Å². The Labute approximate surface area is 107 Å². The Balaban J connectivity index is 0.00000128. The number of nitrogens with one attached hydrogen (secondary N) is 1. The molecular formula is C11H17Cl2N3. The molecule has 1 aliphatic rings. The first kappa shape index (κ1) is 13.7. The molecule has 5 heteroatoms. The summed E-state index contributed by atoms with van der Waals surface area (Å²) in [6.07, 6.45) is 3.93. The summed E-state index contributed by atoms with van der Waals surface area (Å²) in [5, 5.41) is 3.88. The van der Waals surface area contributed by atoms with Gasteiger partial charge in [-0.05, 0) is 37.9 Å². The van der Waals surface area contributed by atoms with Crippen molar-refractivity contribution in [2.24, 2.45) is 11.7 Å². The van der Waals surface area contributed by atoms with Gasteiger partial charge in [0.2, 0.25) is 0 Å². The molecule has 0 amide bonds. The zero-order valence-corrected chi connectivity index (χ0v) is 10.6. The molecule has 90 valence electrons. The number of halogens is 2. The van der Waals surface area contributed by atoms with Gasteiger partial charge in [0, 0.05) is 17.8 Å². The maximum absolute atomic E-state index is 6.22. The Hall–Kier alpha value is -0.350. The number of hydrogen-bond acceptors (Lipinski definition) is 3. The third kappa shape index (κ3) is 3.08. The van der Waals surface area contributed by atoms with Crippen LogP contribution in [0.4, 0.5) is 0 Å². The second-order valence-electron chi connectivity index (χ2n) is 4.00. The molecule has 1 fully saturated rings. The first-order valence-corrected chi connectivity index (χ1v) is 5.73. The molecule has 1 atom stereocenters. The fraction of sp³-hybridized carbons (Fsp3) is 0.545. The van der Waals surface area contributed by atoms with Gasteiger partial charge in [0.25, 0.3) is 0 Å². The maximum Gasteiger partial charge on any atom is 0.133 e. The van der Waals surface area contributed by atoms with Gasteiger partial charge in [0.05, 0.1) is 0 Å². The summed E-state index contributed by atoms with van der Waals surface area (Å²) < 4.78 is 0. The lowest BCUT2D eigenvalue weighted by Crippen LogP contribution is -2.33. The molecule has 0 saturated carbocycles. The molecule has 0 aromatic carbocycles. The standard InChI is InChI=1S/C11H16ClN3.ClH/c12-11-9(2-1-5-15-11)10(13)8-3-6-14-7-4-8;/h1-2,5,8,10,14H,3-4,6-7,13H2;1H/t10-;/m1./s1. The van der Waals surface area contributed by atoms with E-state index >= 15 is 0 Å². The van der Waals surface area contributed by atoms with E-state index in [-0.39, 0.29) is 18.4 Å². The second kappa shape index (κ2) is 6.40. The van der Waals surface area contributed by atoms with Gasteiger partial charge in [0.1, 0.15) is 5.15 Å². The summed E-state index contributed by atoms with van der Waals surface area (Å²) in [5.41, 5.74) is 7.20. The van der Waals surface area contributed by atoms with Crippen LogP contribution in [0.15, 0.2) is 18.3 Å². The van der Waals surface area contributed by atoms with Crippen molar-refractivity contribution < 1.29 is 0 Å². The smallest absolute Gasteiger partial charge is 0.133 e.